The number of carbonyl (C=O) groups is 1. The number of hydrogen-bond donors (Lipinski definition) is 2. The molecule has 1 aromatic carbocycles. The van der Waals surface area contributed by atoms with E-state index in [1.165, 1.54) is 6.92 Å². The largest absolute Gasteiger partial charge is 0.378 e. The van der Waals surface area contributed by atoms with E-state index in [1.807, 2.05) is 28.9 Å². The highest BCUT2D eigenvalue weighted by atomic mass is 16.1. The van der Waals surface area contributed by atoms with Gasteiger partial charge < -0.3 is 10.6 Å². The molecule has 0 spiro atoms. The van der Waals surface area contributed by atoms with Gasteiger partial charge in [-0.15, -0.1) is 0 Å². The molecule has 6 heteroatoms. The quantitative estimate of drug-likeness (QED) is 0.856. The summed E-state index contributed by atoms with van der Waals surface area (Å²) < 4.78 is 1.91. The average molecular weight is 287 g/mol. The molecule has 0 aliphatic carbocycles. The lowest BCUT2D eigenvalue weighted by Crippen LogP contribution is -2.13. The number of hydrogen-bond acceptors (Lipinski definition) is 4. The number of benzene rings is 1. The molecule has 1 aromatic heterocycles. The maximum Gasteiger partial charge on any atom is 0.221 e. The first kappa shape index (κ1) is 15.0. The first-order chi connectivity index (χ1) is 10.0. The van der Waals surface area contributed by atoms with Gasteiger partial charge in [0.15, 0.2) is 0 Å². The predicted octanol–water partition coefficient (Wildman–Crippen LogP) is 2.50. The van der Waals surface area contributed by atoms with E-state index in [1.54, 1.807) is 6.33 Å². The molecule has 112 valence electrons. The van der Waals surface area contributed by atoms with E-state index < -0.39 is 0 Å². The highest BCUT2D eigenvalue weighted by Gasteiger charge is 2.06. The van der Waals surface area contributed by atoms with E-state index in [4.69, 9.17) is 0 Å². The molecule has 1 heterocycles. The van der Waals surface area contributed by atoms with Crippen molar-refractivity contribution in [3.63, 3.8) is 0 Å². The van der Waals surface area contributed by atoms with Crippen molar-refractivity contribution in [1.29, 1.82) is 0 Å². The molecule has 2 aromatic rings. The summed E-state index contributed by atoms with van der Waals surface area (Å²) in [5.41, 5.74) is 1.71. The number of anilines is 2. The second kappa shape index (κ2) is 6.88. The molecule has 0 unspecified atom stereocenters. The van der Waals surface area contributed by atoms with Crippen molar-refractivity contribution in [2.24, 2.45) is 5.92 Å². The van der Waals surface area contributed by atoms with Gasteiger partial charge in [0.25, 0.3) is 0 Å². The van der Waals surface area contributed by atoms with Crippen LogP contribution in [0.1, 0.15) is 26.6 Å². The summed E-state index contributed by atoms with van der Waals surface area (Å²) in [5, 5.41) is 10.3. The van der Waals surface area contributed by atoms with Crippen LogP contribution in [0.5, 0.6) is 0 Å². The van der Waals surface area contributed by atoms with Crippen molar-refractivity contribution >= 4 is 17.3 Å². The summed E-state index contributed by atoms with van der Waals surface area (Å²) >= 11 is 0. The van der Waals surface area contributed by atoms with Crippen molar-refractivity contribution in [2.75, 3.05) is 10.6 Å². The number of aromatic nitrogens is 3. The maximum absolute atomic E-state index is 11.1. The molecule has 0 radical (unpaired) electrons. The van der Waals surface area contributed by atoms with Crippen molar-refractivity contribution in [1.82, 2.24) is 14.8 Å². The Balaban J connectivity index is 2.00. The minimum atomic E-state index is -0.0798. The van der Waals surface area contributed by atoms with E-state index in [0.29, 0.717) is 12.5 Å². The van der Waals surface area contributed by atoms with Gasteiger partial charge in [0.1, 0.15) is 12.2 Å². The van der Waals surface area contributed by atoms with Crippen LogP contribution in [0.4, 0.5) is 11.4 Å². The molecule has 2 N–H and O–H groups in total. The van der Waals surface area contributed by atoms with Gasteiger partial charge in [0.2, 0.25) is 5.91 Å². The van der Waals surface area contributed by atoms with E-state index in [-0.39, 0.29) is 5.91 Å². The topological polar surface area (TPSA) is 71.8 Å². The number of rotatable bonds is 6. The molecule has 2 rings (SSSR count). The lowest BCUT2D eigenvalue weighted by atomic mass is 10.2. The van der Waals surface area contributed by atoms with Crippen LogP contribution >= 0.6 is 0 Å². The van der Waals surface area contributed by atoms with Gasteiger partial charge in [0.05, 0.1) is 6.54 Å². The van der Waals surface area contributed by atoms with E-state index >= 15 is 0 Å². The minimum absolute atomic E-state index is 0.0798. The van der Waals surface area contributed by atoms with Gasteiger partial charge in [-0.2, -0.15) is 5.10 Å². The fraction of sp³-hybridized carbons (Fsp3) is 0.400. The van der Waals surface area contributed by atoms with Gasteiger partial charge in [-0.05, 0) is 24.1 Å². The molecule has 0 atom stereocenters. The summed E-state index contributed by atoms with van der Waals surface area (Å²) in [6, 6.07) is 7.60. The molecular weight excluding hydrogens is 266 g/mol. The lowest BCUT2D eigenvalue weighted by molar-refractivity contribution is -0.114. The third kappa shape index (κ3) is 4.59. The molecule has 0 bridgehead atoms. The average Bonchev–Trinajstić information content (AvgIpc) is 2.82. The SMILES string of the molecule is CC(=O)Nc1cccc(NCc2ncnn2CC(C)C)c1. The zero-order valence-corrected chi connectivity index (χ0v) is 12.6. The van der Waals surface area contributed by atoms with Gasteiger partial charge >= 0.3 is 0 Å². The minimum Gasteiger partial charge on any atom is -0.378 e. The van der Waals surface area contributed by atoms with Crippen LogP contribution in [0.25, 0.3) is 0 Å². The highest BCUT2D eigenvalue weighted by Crippen LogP contribution is 2.15. The normalized spacial score (nSPS) is 10.7. The number of nitrogens with one attached hydrogen (secondary N) is 2. The lowest BCUT2D eigenvalue weighted by Gasteiger charge is -2.11. The first-order valence-electron chi connectivity index (χ1n) is 7.03. The summed E-state index contributed by atoms with van der Waals surface area (Å²) in [4.78, 5) is 15.3. The van der Waals surface area contributed by atoms with Crippen LogP contribution in [-0.2, 0) is 17.9 Å². The van der Waals surface area contributed by atoms with Crippen molar-refractivity contribution < 1.29 is 4.79 Å². The van der Waals surface area contributed by atoms with Crippen LogP contribution in [0.15, 0.2) is 30.6 Å². The molecule has 0 aliphatic rings. The number of nitrogens with zero attached hydrogens (tertiary/aromatic N) is 3. The number of carbonyl (C=O) groups excluding carboxylic acids is 1. The Labute approximate surface area is 124 Å². The Morgan fingerprint density at radius 2 is 2.10 bits per heavy atom. The third-order valence-corrected chi connectivity index (χ3v) is 2.87. The Morgan fingerprint density at radius 1 is 1.33 bits per heavy atom. The Hall–Kier alpha value is -2.37. The molecule has 0 fully saturated rings. The highest BCUT2D eigenvalue weighted by molar-refractivity contribution is 5.89. The maximum atomic E-state index is 11.1. The Kier molecular flexibility index (Phi) is 4.92. The monoisotopic (exact) mass is 287 g/mol. The summed E-state index contributed by atoms with van der Waals surface area (Å²) in [7, 11) is 0. The van der Waals surface area contributed by atoms with Crippen LogP contribution in [-0.4, -0.2) is 20.7 Å². The summed E-state index contributed by atoms with van der Waals surface area (Å²) in [5.74, 6) is 1.34. The molecule has 0 saturated heterocycles. The van der Waals surface area contributed by atoms with Crippen LogP contribution < -0.4 is 10.6 Å². The second-order valence-electron chi connectivity index (χ2n) is 5.37. The molecule has 0 saturated carbocycles. The van der Waals surface area contributed by atoms with E-state index in [2.05, 4.69) is 34.6 Å². The van der Waals surface area contributed by atoms with E-state index in [0.717, 1.165) is 23.7 Å². The second-order valence-corrected chi connectivity index (χ2v) is 5.37. The molecule has 0 aliphatic heterocycles. The smallest absolute Gasteiger partial charge is 0.221 e. The van der Waals surface area contributed by atoms with Crippen LogP contribution in [0.3, 0.4) is 0 Å². The fourth-order valence-electron chi connectivity index (χ4n) is 2.01. The van der Waals surface area contributed by atoms with Crippen molar-refractivity contribution in [3.8, 4) is 0 Å². The first-order valence-corrected chi connectivity index (χ1v) is 7.03. The van der Waals surface area contributed by atoms with Gasteiger partial charge in [-0.1, -0.05) is 19.9 Å². The van der Waals surface area contributed by atoms with E-state index in [9.17, 15) is 4.79 Å². The Bertz CT molecular complexity index is 606. The fourth-order valence-corrected chi connectivity index (χ4v) is 2.01. The van der Waals surface area contributed by atoms with Gasteiger partial charge in [0, 0.05) is 24.8 Å². The molecule has 21 heavy (non-hydrogen) atoms. The van der Waals surface area contributed by atoms with Crippen LogP contribution in [0.2, 0.25) is 0 Å². The third-order valence-electron chi connectivity index (χ3n) is 2.87. The zero-order valence-electron chi connectivity index (χ0n) is 12.6. The van der Waals surface area contributed by atoms with Crippen molar-refractivity contribution in [2.45, 2.75) is 33.9 Å². The number of amides is 1. The standard InChI is InChI=1S/C15H21N5O/c1-11(2)9-20-15(17-10-18-20)8-16-13-5-4-6-14(7-13)19-12(3)21/h4-7,10-11,16H,8-9H2,1-3H3,(H,19,21). The predicted molar refractivity (Wildman–Crippen MR) is 82.9 cm³/mol. The molecular formula is C15H21N5O. The molecule has 6 nitrogen and oxygen atoms in total. The van der Waals surface area contributed by atoms with Crippen molar-refractivity contribution in [3.05, 3.63) is 36.4 Å². The van der Waals surface area contributed by atoms with Gasteiger partial charge in [-0.25, -0.2) is 9.67 Å². The van der Waals surface area contributed by atoms with Crippen LogP contribution in [0, 0.1) is 5.92 Å². The van der Waals surface area contributed by atoms with Gasteiger partial charge in [-0.3, -0.25) is 4.79 Å². The summed E-state index contributed by atoms with van der Waals surface area (Å²) in [6.45, 7) is 7.24. The zero-order chi connectivity index (χ0) is 15.2. The molecule has 1 amide bonds. The summed E-state index contributed by atoms with van der Waals surface area (Å²) in [6.07, 6.45) is 1.58. The Morgan fingerprint density at radius 3 is 2.81 bits per heavy atom.